The van der Waals surface area contributed by atoms with Crippen molar-refractivity contribution in [1.82, 2.24) is 5.32 Å². The molecule has 0 atom stereocenters. The topological polar surface area (TPSA) is 73.6 Å². The molecule has 1 aliphatic heterocycles. The second-order valence-electron chi connectivity index (χ2n) is 4.69. The van der Waals surface area contributed by atoms with Gasteiger partial charge >= 0.3 is 0 Å². The molecule has 2 rings (SSSR count). The molecule has 1 aliphatic rings. The van der Waals surface area contributed by atoms with E-state index in [-0.39, 0.29) is 12.7 Å². The Morgan fingerprint density at radius 3 is 2.58 bits per heavy atom. The number of fused-ring (bicyclic) bond motifs is 1. The van der Waals surface area contributed by atoms with E-state index in [0.29, 0.717) is 35.2 Å². The molecule has 1 aromatic carbocycles. The lowest BCUT2D eigenvalue weighted by atomic mass is 10.0. The number of nitrogen functional groups attached to an aromatic ring is 1. The minimum atomic E-state index is -0.164. The van der Waals surface area contributed by atoms with Crippen molar-refractivity contribution in [2.24, 2.45) is 5.92 Å². The number of rotatable bonds is 5. The van der Waals surface area contributed by atoms with Crippen molar-refractivity contribution < 1.29 is 14.3 Å². The smallest absolute Gasteiger partial charge is 0.253 e. The Morgan fingerprint density at radius 1 is 1.32 bits per heavy atom. The van der Waals surface area contributed by atoms with Gasteiger partial charge in [-0.15, -0.1) is 0 Å². The summed E-state index contributed by atoms with van der Waals surface area (Å²) in [4.78, 5) is 12.1. The van der Waals surface area contributed by atoms with Crippen molar-refractivity contribution in [3.63, 3.8) is 0 Å². The van der Waals surface area contributed by atoms with Crippen molar-refractivity contribution in [2.75, 3.05) is 19.1 Å². The number of hydrogen-bond donors (Lipinski definition) is 2. The Bertz CT molecular complexity index is 470. The first kappa shape index (κ1) is 13.5. The number of carbonyl (C=O) groups is 1. The van der Waals surface area contributed by atoms with Crippen LogP contribution in [0.1, 0.15) is 37.0 Å². The van der Waals surface area contributed by atoms with Gasteiger partial charge in [-0.1, -0.05) is 26.7 Å². The molecule has 1 amide bonds. The molecular formula is C14H20N2O3. The minimum absolute atomic E-state index is 0.164. The van der Waals surface area contributed by atoms with Crippen molar-refractivity contribution in [3.8, 4) is 11.5 Å². The maximum atomic E-state index is 12.1. The molecule has 5 nitrogen and oxygen atoms in total. The summed E-state index contributed by atoms with van der Waals surface area (Å²) in [6.07, 6.45) is 2.10. The molecule has 0 unspecified atom stereocenters. The van der Waals surface area contributed by atoms with Crippen LogP contribution < -0.4 is 20.5 Å². The summed E-state index contributed by atoms with van der Waals surface area (Å²) in [5.41, 5.74) is 6.72. The van der Waals surface area contributed by atoms with Crippen LogP contribution in [0, 0.1) is 5.92 Å². The summed E-state index contributed by atoms with van der Waals surface area (Å²) in [5, 5.41) is 2.92. The summed E-state index contributed by atoms with van der Waals surface area (Å²) in [5.74, 6) is 1.50. The Kier molecular flexibility index (Phi) is 4.14. The molecule has 0 fully saturated rings. The molecule has 0 saturated heterocycles. The second-order valence-corrected chi connectivity index (χ2v) is 4.69. The lowest BCUT2D eigenvalue weighted by Crippen LogP contribution is -2.29. The van der Waals surface area contributed by atoms with E-state index in [0.717, 1.165) is 12.8 Å². The fraction of sp³-hybridized carbons (Fsp3) is 0.500. The van der Waals surface area contributed by atoms with Gasteiger partial charge in [-0.05, 0) is 12.0 Å². The van der Waals surface area contributed by atoms with E-state index in [4.69, 9.17) is 15.2 Å². The van der Waals surface area contributed by atoms with Crippen LogP contribution in [-0.4, -0.2) is 19.2 Å². The fourth-order valence-electron chi connectivity index (χ4n) is 2.06. The van der Waals surface area contributed by atoms with Gasteiger partial charge in [-0.2, -0.15) is 0 Å². The minimum Gasteiger partial charge on any atom is -0.454 e. The largest absolute Gasteiger partial charge is 0.454 e. The Balaban J connectivity index is 2.07. The molecule has 1 aromatic rings. The molecule has 5 heteroatoms. The lowest BCUT2D eigenvalue weighted by molar-refractivity contribution is 0.0947. The van der Waals surface area contributed by atoms with Gasteiger partial charge in [0.2, 0.25) is 6.79 Å². The van der Waals surface area contributed by atoms with Gasteiger partial charge in [-0.25, -0.2) is 0 Å². The quantitative estimate of drug-likeness (QED) is 0.799. The van der Waals surface area contributed by atoms with Crippen molar-refractivity contribution >= 4 is 11.6 Å². The van der Waals surface area contributed by atoms with E-state index < -0.39 is 0 Å². The number of benzene rings is 1. The van der Waals surface area contributed by atoms with Gasteiger partial charge in [0.05, 0.1) is 5.56 Å². The van der Waals surface area contributed by atoms with E-state index >= 15 is 0 Å². The van der Waals surface area contributed by atoms with E-state index in [9.17, 15) is 4.79 Å². The van der Waals surface area contributed by atoms with Gasteiger partial charge in [0, 0.05) is 18.3 Å². The third-order valence-electron chi connectivity index (χ3n) is 3.50. The predicted octanol–water partition coefficient (Wildman–Crippen LogP) is 2.16. The number of amides is 1. The fourth-order valence-corrected chi connectivity index (χ4v) is 2.06. The number of anilines is 1. The molecule has 0 radical (unpaired) electrons. The molecular weight excluding hydrogens is 244 g/mol. The Hall–Kier alpha value is -1.91. The summed E-state index contributed by atoms with van der Waals surface area (Å²) in [7, 11) is 0. The van der Waals surface area contributed by atoms with Crippen molar-refractivity contribution in [2.45, 2.75) is 26.7 Å². The molecule has 0 spiro atoms. The van der Waals surface area contributed by atoms with Crippen molar-refractivity contribution in [3.05, 3.63) is 17.7 Å². The highest BCUT2D eigenvalue weighted by molar-refractivity contribution is 6.00. The van der Waals surface area contributed by atoms with Gasteiger partial charge < -0.3 is 20.5 Å². The average molecular weight is 264 g/mol. The maximum absolute atomic E-state index is 12.1. The van der Waals surface area contributed by atoms with Crippen LogP contribution in [0.2, 0.25) is 0 Å². The van der Waals surface area contributed by atoms with Gasteiger partial charge in [0.1, 0.15) is 0 Å². The summed E-state index contributed by atoms with van der Waals surface area (Å²) < 4.78 is 10.5. The van der Waals surface area contributed by atoms with Gasteiger partial charge in [0.25, 0.3) is 5.91 Å². The zero-order chi connectivity index (χ0) is 13.8. The monoisotopic (exact) mass is 264 g/mol. The van der Waals surface area contributed by atoms with Crippen LogP contribution in [0.4, 0.5) is 5.69 Å². The summed E-state index contributed by atoms with van der Waals surface area (Å²) in [6, 6.07) is 3.27. The van der Waals surface area contributed by atoms with E-state index in [2.05, 4.69) is 19.2 Å². The SMILES string of the molecule is CCC(CC)CNC(=O)c1cc2c(cc1N)OCO2. The molecule has 19 heavy (non-hydrogen) atoms. The lowest BCUT2D eigenvalue weighted by Gasteiger charge is -2.14. The third-order valence-corrected chi connectivity index (χ3v) is 3.50. The second kappa shape index (κ2) is 5.82. The normalized spacial score (nSPS) is 12.8. The van der Waals surface area contributed by atoms with E-state index in [1.165, 1.54) is 0 Å². The van der Waals surface area contributed by atoms with Crippen LogP contribution in [0.3, 0.4) is 0 Å². The molecule has 104 valence electrons. The molecule has 0 saturated carbocycles. The average Bonchev–Trinajstić information content (AvgIpc) is 2.85. The third kappa shape index (κ3) is 2.92. The number of nitrogens with two attached hydrogens (primary N) is 1. The van der Waals surface area contributed by atoms with Crippen LogP contribution in [0.5, 0.6) is 11.5 Å². The number of ether oxygens (including phenoxy) is 2. The summed E-state index contributed by atoms with van der Waals surface area (Å²) in [6.45, 7) is 5.08. The standard InChI is InChI=1S/C14H20N2O3/c1-3-9(4-2)7-16-14(17)10-5-12-13(6-11(10)15)19-8-18-12/h5-6,9H,3-4,7-8,15H2,1-2H3,(H,16,17). The van der Waals surface area contributed by atoms with Crippen LogP contribution >= 0.6 is 0 Å². The molecule has 0 aliphatic carbocycles. The summed E-state index contributed by atoms with van der Waals surface area (Å²) >= 11 is 0. The molecule has 3 N–H and O–H groups in total. The first-order valence-electron chi connectivity index (χ1n) is 6.63. The Labute approximate surface area is 113 Å². The van der Waals surface area contributed by atoms with Crippen LogP contribution in [-0.2, 0) is 0 Å². The highest BCUT2D eigenvalue weighted by Crippen LogP contribution is 2.35. The van der Waals surface area contributed by atoms with Gasteiger partial charge in [-0.3, -0.25) is 4.79 Å². The zero-order valence-corrected chi connectivity index (χ0v) is 11.4. The highest BCUT2D eigenvalue weighted by Gasteiger charge is 2.19. The number of nitrogens with one attached hydrogen (secondary N) is 1. The van der Waals surface area contributed by atoms with Gasteiger partial charge in [0.15, 0.2) is 11.5 Å². The first-order chi connectivity index (χ1) is 9.15. The Morgan fingerprint density at radius 2 is 1.95 bits per heavy atom. The number of hydrogen-bond acceptors (Lipinski definition) is 4. The molecule has 0 aromatic heterocycles. The van der Waals surface area contributed by atoms with Crippen LogP contribution in [0.25, 0.3) is 0 Å². The zero-order valence-electron chi connectivity index (χ0n) is 11.4. The first-order valence-corrected chi connectivity index (χ1v) is 6.63. The van der Waals surface area contributed by atoms with Crippen LogP contribution in [0.15, 0.2) is 12.1 Å². The van der Waals surface area contributed by atoms with Crippen molar-refractivity contribution in [1.29, 1.82) is 0 Å². The van der Waals surface area contributed by atoms with E-state index in [1.807, 2.05) is 0 Å². The van der Waals surface area contributed by atoms with E-state index in [1.54, 1.807) is 12.1 Å². The highest BCUT2D eigenvalue weighted by atomic mass is 16.7. The number of carbonyl (C=O) groups excluding carboxylic acids is 1. The molecule has 0 bridgehead atoms. The maximum Gasteiger partial charge on any atom is 0.253 e. The predicted molar refractivity (Wildman–Crippen MR) is 73.4 cm³/mol. The molecule has 1 heterocycles.